The number of anilines is 1. The van der Waals surface area contributed by atoms with Crippen molar-refractivity contribution in [2.24, 2.45) is 0 Å². The van der Waals surface area contributed by atoms with E-state index in [4.69, 9.17) is 4.74 Å². The molecule has 0 bridgehead atoms. The summed E-state index contributed by atoms with van der Waals surface area (Å²) in [5.74, 6) is 0.664. The molecule has 1 saturated heterocycles. The van der Waals surface area contributed by atoms with Crippen molar-refractivity contribution in [2.75, 3.05) is 25.0 Å². The number of nitrogens with one attached hydrogen (secondary N) is 1. The lowest BCUT2D eigenvalue weighted by molar-refractivity contribution is -0.144. The molecule has 2 heterocycles. The predicted molar refractivity (Wildman–Crippen MR) is 91.4 cm³/mol. The molecule has 126 valence electrons. The molecule has 0 spiro atoms. The number of ether oxygens (including phenoxy) is 1. The number of nitrogens with zero attached hydrogens (tertiary/aromatic N) is 3. The Balaban J connectivity index is 1.54. The second-order valence-electron chi connectivity index (χ2n) is 5.89. The first-order chi connectivity index (χ1) is 11.7. The van der Waals surface area contributed by atoms with Gasteiger partial charge in [-0.05, 0) is 18.6 Å². The zero-order chi connectivity index (χ0) is 16.8. The van der Waals surface area contributed by atoms with Crippen molar-refractivity contribution in [2.45, 2.75) is 25.6 Å². The van der Waals surface area contributed by atoms with Crippen LogP contribution in [0.4, 0.5) is 5.95 Å². The molecule has 1 N–H and O–H groups in total. The highest BCUT2D eigenvalue weighted by atomic mass is 16.5. The predicted octanol–water partition coefficient (Wildman–Crippen LogP) is 2.27. The minimum atomic E-state index is -0.0654. The van der Waals surface area contributed by atoms with E-state index in [-0.39, 0.29) is 18.1 Å². The van der Waals surface area contributed by atoms with E-state index in [9.17, 15) is 4.79 Å². The highest BCUT2D eigenvalue weighted by molar-refractivity contribution is 5.76. The third-order valence-electron chi connectivity index (χ3n) is 3.97. The van der Waals surface area contributed by atoms with Crippen LogP contribution in [0.1, 0.15) is 25.0 Å². The summed E-state index contributed by atoms with van der Waals surface area (Å²) < 4.78 is 6.00. The van der Waals surface area contributed by atoms with Crippen LogP contribution in [0.2, 0.25) is 0 Å². The van der Waals surface area contributed by atoms with Crippen molar-refractivity contribution in [3.63, 3.8) is 0 Å². The minimum absolute atomic E-state index is 0.0262. The van der Waals surface area contributed by atoms with E-state index in [1.807, 2.05) is 42.2 Å². The van der Waals surface area contributed by atoms with Crippen molar-refractivity contribution in [1.82, 2.24) is 14.9 Å². The fourth-order valence-electron chi connectivity index (χ4n) is 2.84. The highest BCUT2D eigenvalue weighted by Gasteiger charge is 2.28. The van der Waals surface area contributed by atoms with Gasteiger partial charge in [0.2, 0.25) is 11.9 Å². The lowest BCUT2D eigenvalue weighted by Crippen LogP contribution is -2.46. The summed E-state index contributed by atoms with van der Waals surface area (Å²) in [6, 6.07) is 11.8. The topological polar surface area (TPSA) is 67.4 Å². The molecule has 1 amide bonds. The number of hydrogen-bond donors (Lipinski definition) is 1. The molecule has 2 atom stereocenters. The largest absolute Gasteiger partial charge is 0.367 e. The van der Waals surface area contributed by atoms with E-state index >= 15 is 0 Å². The second-order valence-corrected chi connectivity index (χ2v) is 5.89. The van der Waals surface area contributed by atoms with E-state index < -0.39 is 0 Å². The molecule has 1 aliphatic rings. The third kappa shape index (κ3) is 4.29. The van der Waals surface area contributed by atoms with Gasteiger partial charge in [-0.1, -0.05) is 30.3 Å². The molecule has 1 aromatic heterocycles. The fourth-order valence-corrected chi connectivity index (χ4v) is 2.84. The van der Waals surface area contributed by atoms with Gasteiger partial charge in [0.15, 0.2) is 0 Å². The number of rotatable bonds is 5. The summed E-state index contributed by atoms with van der Waals surface area (Å²) in [6.45, 7) is 3.75. The van der Waals surface area contributed by atoms with Crippen LogP contribution in [0.15, 0.2) is 48.8 Å². The van der Waals surface area contributed by atoms with Crippen LogP contribution in [0.3, 0.4) is 0 Å². The first-order valence-corrected chi connectivity index (χ1v) is 8.21. The van der Waals surface area contributed by atoms with Crippen LogP contribution in [-0.4, -0.2) is 46.5 Å². The number of hydrogen-bond acceptors (Lipinski definition) is 5. The number of morpholine rings is 1. The Kier molecular flexibility index (Phi) is 5.38. The lowest BCUT2D eigenvalue weighted by atomic mass is 10.1. The van der Waals surface area contributed by atoms with Gasteiger partial charge >= 0.3 is 0 Å². The van der Waals surface area contributed by atoms with E-state index in [0.717, 1.165) is 5.56 Å². The average Bonchev–Trinajstić information content (AvgIpc) is 2.63. The molecule has 6 heteroatoms. The van der Waals surface area contributed by atoms with Crippen molar-refractivity contribution in [1.29, 1.82) is 0 Å². The number of benzene rings is 1. The molecular weight excluding hydrogens is 304 g/mol. The van der Waals surface area contributed by atoms with Gasteiger partial charge in [-0.15, -0.1) is 0 Å². The molecule has 0 saturated carbocycles. The number of carbonyl (C=O) groups excluding carboxylic acids is 1. The smallest absolute Gasteiger partial charge is 0.224 e. The number of aromatic nitrogens is 2. The van der Waals surface area contributed by atoms with E-state index in [1.165, 1.54) is 0 Å². The Hall–Kier alpha value is -2.47. The molecule has 24 heavy (non-hydrogen) atoms. The maximum Gasteiger partial charge on any atom is 0.224 e. The molecule has 1 aromatic carbocycles. The van der Waals surface area contributed by atoms with Crippen molar-refractivity contribution < 1.29 is 9.53 Å². The average molecular weight is 326 g/mol. The first-order valence-electron chi connectivity index (χ1n) is 8.21. The highest BCUT2D eigenvalue weighted by Crippen LogP contribution is 2.25. The van der Waals surface area contributed by atoms with Gasteiger partial charge in [-0.25, -0.2) is 9.97 Å². The Bertz CT molecular complexity index is 651. The number of amides is 1. The van der Waals surface area contributed by atoms with E-state index in [2.05, 4.69) is 15.3 Å². The van der Waals surface area contributed by atoms with Crippen molar-refractivity contribution in [3.05, 3.63) is 54.4 Å². The maximum absolute atomic E-state index is 12.5. The summed E-state index contributed by atoms with van der Waals surface area (Å²) >= 11 is 0. The monoisotopic (exact) mass is 326 g/mol. The molecule has 0 unspecified atom stereocenters. The molecular formula is C18H22N4O2. The van der Waals surface area contributed by atoms with Crippen LogP contribution >= 0.6 is 0 Å². The van der Waals surface area contributed by atoms with Crippen LogP contribution in [0.5, 0.6) is 0 Å². The van der Waals surface area contributed by atoms with Gasteiger partial charge in [0.1, 0.15) is 6.10 Å². The zero-order valence-corrected chi connectivity index (χ0v) is 13.8. The normalized spacial score (nSPS) is 20.6. The molecule has 2 aromatic rings. The van der Waals surface area contributed by atoms with Gasteiger partial charge in [0, 0.05) is 31.9 Å². The maximum atomic E-state index is 12.5. The molecule has 3 rings (SSSR count). The van der Waals surface area contributed by atoms with Crippen LogP contribution in [0, 0.1) is 0 Å². The SMILES string of the molecule is C[C@@H]1CN(C(=O)CCNc2ncccn2)C[C@@H](c2ccccc2)O1. The molecule has 6 nitrogen and oxygen atoms in total. The molecule has 1 fully saturated rings. The summed E-state index contributed by atoms with van der Waals surface area (Å²) in [7, 11) is 0. The van der Waals surface area contributed by atoms with Gasteiger partial charge in [-0.3, -0.25) is 4.79 Å². The Morgan fingerprint density at radius 2 is 1.96 bits per heavy atom. The summed E-state index contributed by atoms with van der Waals surface area (Å²) in [6.07, 6.45) is 3.71. The van der Waals surface area contributed by atoms with Gasteiger partial charge in [0.25, 0.3) is 0 Å². The van der Waals surface area contributed by atoms with Crippen LogP contribution in [0.25, 0.3) is 0 Å². The fraction of sp³-hybridized carbons (Fsp3) is 0.389. The van der Waals surface area contributed by atoms with E-state index in [1.54, 1.807) is 18.5 Å². The molecule has 1 aliphatic heterocycles. The summed E-state index contributed by atoms with van der Waals surface area (Å²) in [5.41, 5.74) is 1.11. The third-order valence-corrected chi connectivity index (χ3v) is 3.97. The van der Waals surface area contributed by atoms with E-state index in [0.29, 0.717) is 32.0 Å². The van der Waals surface area contributed by atoms with Crippen molar-refractivity contribution >= 4 is 11.9 Å². The molecule has 0 aliphatic carbocycles. The van der Waals surface area contributed by atoms with Gasteiger partial charge in [-0.2, -0.15) is 0 Å². The van der Waals surface area contributed by atoms with Crippen molar-refractivity contribution in [3.8, 4) is 0 Å². The minimum Gasteiger partial charge on any atom is -0.367 e. The zero-order valence-electron chi connectivity index (χ0n) is 13.8. The molecule has 0 radical (unpaired) electrons. The van der Waals surface area contributed by atoms with Gasteiger partial charge in [0.05, 0.1) is 12.6 Å². The standard InChI is InChI=1S/C18H22N4O2/c1-14-12-22(13-16(24-14)15-6-3-2-4-7-15)17(23)8-11-21-18-19-9-5-10-20-18/h2-7,9-10,14,16H,8,11-13H2,1H3,(H,19,20,21)/t14-,16+/m1/s1. The lowest BCUT2D eigenvalue weighted by Gasteiger charge is -2.37. The second kappa shape index (κ2) is 7.88. The van der Waals surface area contributed by atoms with Crippen LogP contribution in [-0.2, 0) is 9.53 Å². The van der Waals surface area contributed by atoms with Gasteiger partial charge < -0.3 is 15.0 Å². The Labute approximate surface area is 141 Å². The Morgan fingerprint density at radius 1 is 1.21 bits per heavy atom. The quantitative estimate of drug-likeness (QED) is 0.913. The summed E-state index contributed by atoms with van der Waals surface area (Å²) in [4.78, 5) is 22.6. The first kappa shape index (κ1) is 16.4. The van der Waals surface area contributed by atoms with Crippen LogP contribution < -0.4 is 5.32 Å². The number of carbonyl (C=O) groups is 1. The summed E-state index contributed by atoms with van der Waals surface area (Å²) in [5, 5.41) is 3.07. The Morgan fingerprint density at radius 3 is 2.71 bits per heavy atom.